The molecule has 1 aliphatic rings. The third kappa shape index (κ3) is 5.11. The van der Waals surface area contributed by atoms with E-state index in [9.17, 15) is 4.39 Å². The second kappa shape index (κ2) is 10.7. The summed E-state index contributed by atoms with van der Waals surface area (Å²) in [5.74, 6) is -1.37. The molecule has 0 radical (unpaired) electrons. The normalized spacial score (nSPS) is 17.2. The number of ether oxygens (including phenoxy) is 1. The van der Waals surface area contributed by atoms with Crippen LogP contribution in [0, 0.1) is 11.6 Å². The molecule has 0 spiro atoms. The Labute approximate surface area is 242 Å². The number of methoxy groups -OCH3 is 1. The number of anilines is 2. The van der Waals surface area contributed by atoms with Crippen molar-refractivity contribution < 1.29 is 13.5 Å². The van der Waals surface area contributed by atoms with Gasteiger partial charge < -0.3 is 21.1 Å². The standard InChI is InChI=1S/C27H24ClF2N9OS/c1-40-20-9-16(29)15(8-17(20)30)18-10-21(41-22-12-36-39-25(22)34-14-35-26(39)31)19(11-33-18)38-7-3-6-27(32,13-38)23-4-2-5-24(28)37-23/h2,4-5,8-12,14H,3,6-7,13,32H2,1H3,(H2,31,34,35)/t27-/m1/s1. The van der Waals surface area contributed by atoms with E-state index in [2.05, 4.69) is 29.9 Å². The van der Waals surface area contributed by atoms with E-state index in [1.165, 1.54) is 29.7 Å². The maximum absolute atomic E-state index is 15.1. The van der Waals surface area contributed by atoms with Gasteiger partial charge in [0.25, 0.3) is 0 Å². The molecule has 5 heterocycles. The third-order valence-corrected chi connectivity index (χ3v) is 8.24. The summed E-state index contributed by atoms with van der Waals surface area (Å²) < 4.78 is 36.0. The Hall–Kier alpha value is -4.07. The minimum atomic E-state index is -0.763. The number of hydrogen-bond donors (Lipinski definition) is 2. The molecule has 14 heteroatoms. The van der Waals surface area contributed by atoms with Gasteiger partial charge in [-0.05, 0) is 37.1 Å². The van der Waals surface area contributed by atoms with E-state index >= 15 is 4.39 Å². The molecule has 41 heavy (non-hydrogen) atoms. The molecule has 4 aromatic heterocycles. The second-order valence-corrected chi connectivity index (χ2v) is 11.1. The molecule has 210 valence electrons. The van der Waals surface area contributed by atoms with Gasteiger partial charge in [0, 0.05) is 29.6 Å². The molecule has 0 unspecified atom stereocenters. The maximum Gasteiger partial charge on any atom is 0.224 e. The molecule has 0 saturated carbocycles. The molecule has 1 fully saturated rings. The van der Waals surface area contributed by atoms with Crippen LogP contribution in [0.25, 0.3) is 16.9 Å². The van der Waals surface area contributed by atoms with Crippen molar-refractivity contribution in [2.45, 2.75) is 28.2 Å². The number of rotatable bonds is 6. The molecule has 1 aromatic carbocycles. The van der Waals surface area contributed by atoms with E-state index < -0.39 is 17.2 Å². The van der Waals surface area contributed by atoms with Gasteiger partial charge in [0.05, 0.1) is 47.0 Å². The number of piperidine rings is 1. The van der Waals surface area contributed by atoms with Crippen molar-refractivity contribution in [3.63, 3.8) is 0 Å². The number of aromatic nitrogens is 6. The van der Waals surface area contributed by atoms with Crippen LogP contribution in [0.1, 0.15) is 18.5 Å². The first-order chi connectivity index (χ1) is 19.8. The van der Waals surface area contributed by atoms with Crippen molar-refractivity contribution in [2.75, 3.05) is 30.8 Å². The Morgan fingerprint density at radius 1 is 1.07 bits per heavy atom. The molecule has 4 N–H and O–H groups in total. The fourth-order valence-electron chi connectivity index (χ4n) is 4.96. The predicted octanol–water partition coefficient (Wildman–Crippen LogP) is 4.71. The molecule has 5 aromatic rings. The Morgan fingerprint density at radius 3 is 2.73 bits per heavy atom. The first kappa shape index (κ1) is 27.1. The zero-order valence-electron chi connectivity index (χ0n) is 21.8. The van der Waals surface area contributed by atoms with Crippen LogP contribution in [0.5, 0.6) is 5.75 Å². The first-order valence-electron chi connectivity index (χ1n) is 12.6. The summed E-state index contributed by atoms with van der Waals surface area (Å²) in [6, 6.07) is 9.20. The van der Waals surface area contributed by atoms with Crippen LogP contribution in [0.3, 0.4) is 0 Å². The van der Waals surface area contributed by atoms with Crippen molar-refractivity contribution in [3.05, 3.63) is 77.6 Å². The highest BCUT2D eigenvalue weighted by atomic mass is 35.5. The van der Waals surface area contributed by atoms with E-state index in [-0.39, 0.29) is 23.0 Å². The minimum absolute atomic E-state index is 0.00178. The summed E-state index contributed by atoms with van der Waals surface area (Å²) in [5.41, 5.74) is 14.3. The molecule has 0 bridgehead atoms. The zero-order valence-corrected chi connectivity index (χ0v) is 23.3. The van der Waals surface area contributed by atoms with E-state index in [4.69, 9.17) is 27.8 Å². The zero-order chi connectivity index (χ0) is 28.7. The summed E-state index contributed by atoms with van der Waals surface area (Å²) in [7, 11) is 1.28. The lowest BCUT2D eigenvalue weighted by molar-refractivity contribution is 0.344. The lowest BCUT2D eigenvalue weighted by atomic mass is 9.86. The Kier molecular flexibility index (Phi) is 7.09. The fraction of sp³-hybridized carbons (Fsp3) is 0.222. The molecule has 0 aliphatic carbocycles. The number of nitrogens with zero attached hydrogens (tertiary/aromatic N) is 7. The average molecular weight is 596 g/mol. The smallest absolute Gasteiger partial charge is 0.224 e. The van der Waals surface area contributed by atoms with Crippen LogP contribution in [-0.2, 0) is 5.54 Å². The van der Waals surface area contributed by atoms with Gasteiger partial charge in [0.1, 0.15) is 17.3 Å². The Balaban J connectivity index is 1.44. The fourth-order valence-corrected chi connectivity index (χ4v) is 6.15. The number of benzene rings is 1. The SMILES string of the molecule is COc1cc(F)c(-c2cc(Sc3cnn4c(N)ncnc34)c(N3CCC[C@](N)(c4cccc(Cl)n4)C3)cn2)cc1F. The largest absolute Gasteiger partial charge is 0.494 e. The van der Waals surface area contributed by atoms with Crippen LogP contribution < -0.4 is 21.1 Å². The summed E-state index contributed by atoms with van der Waals surface area (Å²) in [4.78, 5) is 20.8. The van der Waals surface area contributed by atoms with Gasteiger partial charge >= 0.3 is 0 Å². The van der Waals surface area contributed by atoms with E-state index in [0.29, 0.717) is 45.8 Å². The lowest BCUT2D eigenvalue weighted by Gasteiger charge is -2.41. The second-order valence-electron chi connectivity index (χ2n) is 9.61. The number of hydrogen-bond acceptors (Lipinski definition) is 10. The van der Waals surface area contributed by atoms with E-state index in [1.54, 1.807) is 24.5 Å². The van der Waals surface area contributed by atoms with Gasteiger partial charge in [-0.3, -0.25) is 4.98 Å². The monoisotopic (exact) mass is 595 g/mol. The number of fused-ring (bicyclic) bond motifs is 1. The molecule has 10 nitrogen and oxygen atoms in total. The number of halogens is 3. The van der Waals surface area contributed by atoms with Crippen LogP contribution in [-0.4, -0.2) is 49.7 Å². The van der Waals surface area contributed by atoms with Crippen molar-refractivity contribution in [2.24, 2.45) is 5.73 Å². The molecule has 1 saturated heterocycles. The van der Waals surface area contributed by atoms with E-state index in [1.807, 2.05) is 12.1 Å². The lowest BCUT2D eigenvalue weighted by Crippen LogP contribution is -2.52. The van der Waals surface area contributed by atoms with Crippen LogP contribution in [0.2, 0.25) is 5.15 Å². The van der Waals surface area contributed by atoms with Crippen molar-refractivity contribution >= 4 is 40.6 Å². The van der Waals surface area contributed by atoms with Crippen molar-refractivity contribution in [1.29, 1.82) is 0 Å². The highest BCUT2D eigenvalue weighted by Gasteiger charge is 2.36. The topological polar surface area (TPSA) is 133 Å². The van der Waals surface area contributed by atoms with Gasteiger partial charge in [-0.15, -0.1) is 0 Å². The first-order valence-corrected chi connectivity index (χ1v) is 13.8. The number of nitrogen functional groups attached to an aromatic ring is 1. The van der Waals surface area contributed by atoms with Crippen LogP contribution in [0.4, 0.5) is 20.4 Å². The van der Waals surface area contributed by atoms with Crippen molar-refractivity contribution in [3.8, 4) is 17.0 Å². The summed E-state index contributed by atoms with van der Waals surface area (Å²) in [5, 5.41) is 4.68. The highest BCUT2D eigenvalue weighted by molar-refractivity contribution is 7.99. The Morgan fingerprint density at radius 2 is 1.93 bits per heavy atom. The molecular formula is C27H24ClF2N9OS. The number of nitrogens with two attached hydrogens (primary N) is 2. The van der Waals surface area contributed by atoms with Crippen molar-refractivity contribution in [1.82, 2.24) is 29.5 Å². The Bertz CT molecular complexity index is 1770. The van der Waals surface area contributed by atoms with Gasteiger partial charge in [0.15, 0.2) is 17.2 Å². The molecule has 0 amide bonds. The highest BCUT2D eigenvalue weighted by Crippen LogP contribution is 2.42. The maximum atomic E-state index is 15.1. The minimum Gasteiger partial charge on any atom is -0.494 e. The molecule has 1 aliphatic heterocycles. The predicted molar refractivity (Wildman–Crippen MR) is 152 cm³/mol. The third-order valence-electron chi connectivity index (χ3n) is 6.97. The molecule has 6 rings (SSSR count). The summed E-state index contributed by atoms with van der Waals surface area (Å²) in [6.07, 6.45) is 6.13. The van der Waals surface area contributed by atoms with Gasteiger partial charge in [-0.2, -0.15) is 9.61 Å². The van der Waals surface area contributed by atoms with Gasteiger partial charge in [0.2, 0.25) is 5.95 Å². The quantitative estimate of drug-likeness (QED) is 0.266. The molecule has 1 atom stereocenters. The van der Waals surface area contributed by atoms with Crippen LogP contribution >= 0.6 is 23.4 Å². The molecular weight excluding hydrogens is 572 g/mol. The van der Waals surface area contributed by atoms with E-state index in [0.717, 1.165) is 24.2 Å². The van der Waals surface area contributed by atoms with Crippen LogP contribution in [0.15, 0.2) is 64.9 Å². The summed E-state index contributed by atoms with van der Waals surface area (Å²) in [6.45, 7) is 1.13. The number of pyridine rings is 2. The summed E-state index contributed by atoms with van der Waals surface area (Å²) >= 11 is 7.52. The average Bonchev–Trinajstić information content (AvgIpc) is 3.38. The van der Waals surface area contributed by atoms with Gasteiger partial charge in [-0.25, -0.2) is 23.7 Å². The van der Waals surface area contributed by atoms with Gasteiger partial charge in [-0.1, -0.05) is 29.4 Å².